The summed E-state index contributed by atoms with van der Waals surface area (Å²) in [4.78, 5) is 7.17. The Morgan fingerprint density at radius 3 is 3.00 bits per heavy atom. The van der Waals surface area contributed by atoms with Gasteiger partial charge < -0.3 is 0 Å². The van der Waals surface area contributed by atoms with Gasteiger partial charge in [-0.3, -0.25) is 9.88 Å². The molecule has 0 spiro atoms. The molecule has 0 saturated carbocycles. The van der Waals surface area contributed by atoms with E-state index in [0.717, 1.165) is 5.92 Å². The fraction of sp³-hybridized carbons (Fsp3) is 0.643. The van der Waals surface area contributed by atoms with E-state index in [-0.39, 0.29) is 0 Å². The third kappa shape index (κ3) is 2.43. The molecule has 1 fully saturated rings. The topological polar surface area (TPSA) is 16.1 Å². The molecule has 1 aliphatic heterocycles. The van der Waals surface area contributed by atoms with E-state index in [4.69, 9.17) is 0 Å². The SMILES string of the molecule is Cc1cccnc1C1CCCN1CC(C)C. The Morgan fingerprint density at radius 1 is 1.50 bits per heavy atom. The first kappa shape index (κ1) is 11.6. The van der Waals surface area contributed by atoms with Gasteiger partial charge in [0.05, 0.1) is 11.7 Å². The Hall–Kier alpha value is -0.890. The highest BCUT2D eigenvalue weighted by molar-refractivity contribution is 5.22. The Bertz CT molecular complexity index is 346. The fourth-order valence-corrected chi connectivity index (χ4v) is 2.67. The predicted molar refractivity (Wildman–Crippen MR) is 67.4 cm³/mol. The average molecular weight is 218 g/mol. The first-order valence-electron chi connectivity index (χ1n) is 6.34. The molecule has 1 saturated heterocycles. The number of pyridine rings is 1. The van der Waals surface area contributed by atoms with E-state index >= 15 is 0 Å². The smallest absolute Gasteiger partial charge is 0.0604 e. The molecule has 2 nitrogen and oxygen atoms in total. The van der Waals surface area contributed by atoms with E-state index in [0.29, 0.717) is 6.04 Å². The van der Waals surface area contributed by atoms with Gasteiger partial charge in [0.25, 0.3) is 0 Å². The Balaban J connectivity index is 2.17. The van der Waals surface area contributed by atoms with Crippen LogP contribution in [0.25, 0.3) is 0 Å². The highest BCUT2D eigenvalue weighted by Gasteiger charge is 2.28. The monoisotopic (exact) mass is 218 g/mol. The predicted octanol–water partition coefficient (Wildman–Crippen LogP) is 3.18. The summed E-state index contributed by atoms with van der Waals surface area (Å²) in [6, 6.07) is 4.76. The maximum Gasteiger partial charge on any atom is 0.0604 e. The average Bonchev–Trinajstić information content (AvgIpc) is 2.66. The summed E-state index contributed by atoms with van der Waals surface area (Å²) >= 11 is 0. The maximum absolute atomic E-state index is 4.58. The van der Waals surface area contributed by atoms with E-state index in [1.807, 2.05) is 12.3 Å². The minimum atomic E-state index is 0.559. The largest absolute Gasteiger partial charge is 0.295 e. The van der Waals surface area contributed by atoms with Crippen LogP contribution in [0.15, 0.2) is 18.3 Å². The summed E-state index contributed by atoms with van der Waals surface area (Å²) in [6.07, 6.45) is 4.51. The molecule has 16 heavy (non-hydrogen) atoms. The van der Waals surface area contributed by atoms with E-state index < -0.39 is 0 Å². The van der Waals surface area contributed by atoms with Crippen molar-refractivity contribution >= 4 is 0 Å². The van der Waals surface area contributed by atoms with E-state index in [2.05, 4.69) is 36.7 Å². The van der Waals surface area contributed by atoms with Crippen molar-refractivity contribution in [1.82, 2.24) is 9.88 Å². The molecule has 1 atom stereocenters. The number of likely N-dealkylation sites (tertiary alicyclic amines) is 1. The summed E-state index contributed by atoms with van der Waals surface area (Å²) in [5, 5.41) is 0. The molecule has 0 aromatic carbocycles. The molecule has 0 amide bonds. The molecule has 1 aliphatic rings. The second-order valence-electron chi connectivity index (χ2n) is 5.25. The van der Waals surface area contributed by atoms with E-state index in [1.54, 1.807) is 0 Å². The van der Waals surface area contributed by atoms with Gasteiger partial charge >= 0.3 is 0 Å². The van der Waals surface area contributed by atoms with Crippen molar-refractivity contribution in [3.63, 3.8) is 0 Å². The van der Waals surface area contributed by atoms with Gasteiger partial charge in [-0.15, -0.1) is 0 Å². The summed E-state index contributed by atoms with van der Waals surface area (Å²) < 4.78 is 0. The zero-order valence-corrected chi connectivity index (χ0v) is 10.6. The van der Waals surface area contributed by atoms with Crippen LogP contribution in [-0.2, 0) is 0 Å². The highest BCUT2D eigenvalue weighted by Crippen LogP contribution is 2.32. The number of nitrogens with zero attached hydrogens (tertiary/aromatic N) is 2. The maximum atomic E-state index is 4.58. The number of aromatic nitrogens is 1. The van der Waals surface area contributed by atoms with Crippen molar-refractivity contribution in [2.45, 2.75) is 39.7 Å². The van der Waals surface area contributed by atoms with Crippen LogP contribution in [-0.4, -0.2) is 23.0 Å². The van der Waals surface area contributed by atoms with Gasteiger partial charge in [-0.2, -0.15) is 0 Å². The van der Waals surface area contributed by atoms with Crippen LogP contribution in [0.4, 0.5) is 0 Å². The lowest BCUT2D eigenvalue weighted by atomic mass is 10.1. The summed E-state index contributed by atoms with van der Waals surface area (Å²) in [5.41, 5.74) is 2.63. The van der Waals surface area contributed by atoms with Crippen LogP contribution < -0.4 is 0 Å². The molecule has 88 valence electrons. The summed E-state index contributed by atoms with van der Waals surface area (Å²) in [7, 11) is 0. The number of rotatable bonds is 3. The van der Waals surface area contributed by atoms with Crippen LogP contribution in [0.3, 0.4) is 0 Å². The zero-order chi connectivity index (χ0) is 11.5. The van der Waals surface area contributed by atoms with Gasteiger partial charge in [0.1, 0.15) is 0 Å². The molecule has 1 unspecified atom stereocenters. The standard InChI is InChI=1S/C14H22N2/c1-11(2)10-16-9-5-7-13(16)14-12(3)6-4-8-15-14/h4,6,8,11,13H,5,7,9-10H2,1-3H3. The van der Waals surface area contributed by atoms with Gasteiger partial charge in [-0.25, -0.2) is 0 Å². The van der Waals surface area contributed by atoms with E-state index in [1.165, 1.54) is 37.2 Å². The highest BCUT2D eigenvalue weighted by atomic mass is 15.2. The third-order valence-electron chi connectivity index (χ3n) is 3.33. The molecule has 0 N–H and O–H groups in total. The van der Waals surface area contributed by atoms with Gasteiger partial charge in [-0.05, 0) is 43.9 Å². The second kappa shape index (κ2) is 4.96. The minimum absolute atomic E-state index is 0.559. The van der Waals surface area contributed by atoms with Crippen LogP contribution in [0.5, 0.6) is 0 Å². The quantitative estimate of drug-likeness (QED) is 0.774. The van der Waals surface area contributed by atoms with Crippen LogP contribution in [0, 0.1) is 12.8 Å². The van der Waals surface area contributed by atoms with Crippen molar-refractivity contribution in [1.29, 1.82) is 0 Å². The van der Waals surface area contributed by atoms with Crippen molar-refractivity contribution in [3.8, 4) is 0 Å². The van der Waals surface area contributed by atoms with Crippen LogP contribution >= 0.6 is 0 Å². The van der Waals surface area contributed by atoms with Crippen LogP contribution in [0.1, 0.15) is 44.0 Å². The third-order valence-corrected chi connectivity index (χ3v) is 3.33. The first-order valence-corrected chi connectivity index (χ1v) is 6.34. The van der Waals surface area contributed by atoms with Crippen LogP contribution in [0.2, 0.25) is 0 Å². The minimum Gasteiger partial charge on any atom is -0.295 e. The molecule has 1 aromatic rings. The lowest BCUT2D eigenvalue weighted by Gasteiger charge is -2.26. The van der Waals surface area contributed by atoms with Crippen molar-refractivity contribution in [3.05, 3.63) is 29.6 Å². The van der Waals surface area contributed by atoms with E-state index in [9.17, 15) is 0 Å². The fourth-order valence-electron chi connectivity index (χ4n) is 2.67. The molecule has 0 aliphatic carbocycles. The molecule has 2 heterocycles. The lowest BCUT2D eigenvalue weighted by Crippen LogP contribution is -2.28. The number of aryl methyl sites for hydroxylation is 1. The second-order valence-corrected chi connectivity index (χ2v) is 5.25. The number of hydrogen-bond donors (Lipinski definition) is 0. The molecule has 1 aromatic heterocycles. The van der Waals surface area contributed by atoms with Crippen molar-refractivity contribution in [2.24, 2.45) is 5.92 Å². The lowest BCUT2D eigenvalue weighted by molar-refractivity contribution is 0.225. The first-order chi connectivity index (χ1) is 7.68. The van der Waals surface area contributed by atoms with Gasteiger partial charge in [0.2, 0.25) is 0 Å². The van der Waals surface area contributed by atoms with Gasteiger partial charge in [0.15, 0.2) is 0 Å². The Labute approximate surface area is 98.7 Å². The molecular formula is C14H22N2. The Morgan fingerprint density at radius 2 is 2.31 bits per heavy atom. The molecule has 0 radical (unpaired) electrons. The van der Waals surface area contributed by atoms with Gasteiger partial charge in [-0.1, -0.05) is 19.9 Å². The number of hydrogen-bond acceptors (Lipinski definition) is 2. The normalized spacial score (nSPS) is 21.9. The molecule has 2 rings (SSSR count). The molecule has 2 heteroatoms. The van der Waals surface area contributed by atoms with Gasteiger partial charge in [0, 0.05) is 12.7 Å². The zero-order valence-electron chi connectivity index (χ0n) is 10.6. The Kier molecular flexibility index (Phi) is 3.59. The summed E-state index contributed by atoms with van der Waals surface area (Å²) in [6.45, 7) is 9.19. The van der Waals surface area contributed by atoms with Crippen molar-refractivity contribution in [2.75, 3.05) is 13.1 Å². The molecular weight excluding hydrogens is 196 g/mol. The summed E-state index contributed by atoms with van der Waals surface area (Å²) in [5.74, 6) is 0.740. The molecule has 0 bridgehead atoms. The van der Waals surface area contributed by atoms with Crippen molar-refractivity contribution < 1.29 is 0 Å².